The lowest BCUT2D eigenvalue weighted by Gasteiger charge is -2.01. The van der Waals surface area contributed by atoms with Gasteiger partial charge in [0, 0.05) is 6.07 Å². The first-order valence-electron chi connectivity index (χ1n) is 5.08. The van der Waals surface area contributed by atoms with Crippen LogP contribution in [0.5, 0.6) is 0 Å². The maximum Gasteiger partial charge on any atom is 0.295 e. The van der Waals surface area contributed by atoms with Gasteiger partial charge in [0.1, 0.15) is 0 Å². The summed E-state index contributed by atoms with van der Waals surface area (Å²) in [7, 11) is 2.39. The molecule has 1 atom stereocenters. The molecule has 0 aliphatic carbocycles. The zero-order chi connectivity index (χ0) is 12.9. The van der Waals surface area contributed by atoms with E-state index in [0.717, 1.165) is 4.73 Å². The molecule has 0 saturated heterocycles. The normalized spacial score (nSPS) is 10.9. The van der Waals surface area contributed by atoms with Gasteiger partial charge in [-0.3, -0.25) is 0 Å². The van der Waals surface area contributed by atoms with Crippen molar-refractivity contribution in [2.75, 3.05) is 0 Å². The van der Waals surface area contributed by atoms with Crippen molar-refractivity contribution < 1.29 is 9.46 Å². The lowest BCUT2D eigenvalue weighted by atomic mass is 10.2. The number of nitrogens with zero attached hydrogens (tertiary/aromatic N) is 4. The Balaban J connectivity index is 2.61. The average molecular weight is 258 g/mol. The molecular formula is C11H7N4O2P. The van der Waals surface area contributed by atoms with E-state index in [-0.39, 0.29) is 5.69 Å². The van der Waals surface area contributed by atoms with Crippen molar-refractivity contribution in [1.82, 2.24) is 4.34 Å². The molecule has 0 spiro atoms. The summed E-state index contributed by atoms with van der Waals surface area (Å²) in [4.78, 5) is 0. The number of hydrogen-bond donors (Lipinski definition) is 0. The van der Waals surface area contributed by atoms with Crippen LogP contribution in [0, 0.1) is 21.7 Å². The highest BCUT2D eigenvalue weighted by molar-refractivity contribution is 7.15. The summed E-state index contributed by atoms with van der Waals surface area (Å²) in [6.07, 6.45) is 2.68. The van der Waals surface area contributed by atoms with Gasteiger partial charge in [-0.05, 0) is 12.1 Å². The molecular weight excluding hydrogens is 251 g/mol. The molecule has 6 nitrogen and oxygen atoms in total. The topological polar surface area (TPSA) is 82.6 Å². The lowest BCUT2D eigenvalue weighted by Crippen LogP contribution is -2.29. The minimum atomic E-state index is 0.00121. The molecule has 18 heavy (non-hydrogen) atoms. The number of nitriles is 1. The van der Waals surface area contributed by atoms with Crippen molar-refractivity contribution >= 4 is 31.3 Å². The Labute approximate surface area is 104 Å². The van der Waals surface area contributed by atoms with Crippen LogP contribution < -0.4 is 9.46 Å². The van der Waals surface area contributed by atoms with Gasteiger partial charge in [0.2, 0.25) is 11.7 Å². The van der Waals surface area contributed by atoms with Crippen molar-refractivity contribution in [2.24, 2.45) is 0 Å². The quantitative estimate of drug-likeness (QED) is 0.336. The van der Waals surface area contributed by atoms with Crippen LogP contribution >= 0.6 is 9.39 Å². The van der Waals surface area contributed by atoms with Crippen LogP contribution in [0.3, 0.4) is 0 Å². The van der Waals surface area contributed by atoms with Crippen LogP contribution in [-0.2, 0) is 0 Å². The van der Waals surface area contributed by atoms with Gasteiger partial charge in [-0.25, -0.2) is 9.07 Å². The van der Waals surface area contributed by atoms with Gasteiger partial charge < -0.3 is 10.4 Å². The minimum Gasteiger partial charge on any atom is -0.711 e. The van der Waals surface area contributed by atoms with Crippen LogP contribution in [0.4, 0.5) is 0 Å². The number of pyridine rings is 2. The summed E-state index contributed by atoms with van der Waals surface area (Å²) >= 11 is 0. The lowest BCUT2D eigenvalue weighted by molar-refractivity contribution is -0.606. The second kappa shape index (κ2) is 3.56. The average Bonchev–Trinajstić information content (AvgIpc) is 2.63. The molecule has 0 amide bonds. The Morgan fingerprint density at radius 3 is 2.78 bits per heavy atom. The highest BCUT2D eigenvalue weighted by Gasteiger charge is 2.20. The number of hydrogen-bond acceptors (Lipinski definition) is 3. The third kappa shape index (κ3) is 1.25. The van der Waals surface area contributed by atoms with E-state index in [1.165, 1.54) is 18.5 Å². The minimum absolute atomic E-state index is 0.00121. The molecule has 3 aromatic heterocycles. The summed E-state index contributed by atoms with van der Waals surface area (Å²) in [5.74, 6) is 0. The van der Waals surface area contributed by atoms with Gasteiger partial charge in [-0.15, -0.1) is 0 Å². The number of fused-ring (bicyclic) bond motifs is 3. The molecule has 88 valence electrons. The van der Waals surface area contributed by atoms with Gasteiger partial charge in [-0.1, -0.05) is 0 Å². The summed E-state index contributed by atoms with van der Waals surface area (Å²) < 4.78 is 2.79. The van der Waals surface area contributed by atoms with E-state index in [1.54, 1.807) is 16.5 Å². The molecule has 3 rings (SSSR count). The van der Waals surface area contributed by atoms with Gasteiger partial charge in [0.05, 0.1) is 26.4 Å². The first-order valence-corrected chi connectivity index (χ1v) is 5.60. The van der Waals surface area contributed by atoms with Gasteiger partial charge >= 0.3 is 0 Å². The fourth-order valence-corrected chi connectivity index (χ4v) is 2.51. The summed E-state index contributed by atoms with van der Waals surface area (Å²) in [6, 6.07) is 6.73. The van der Waals surface area contributed by atoms with Gasteiger partial charge in [0.15, 0.2) is 6.07 Å². The SMILES string of the molecule is N#Cc1cc2c3ccc[n+]([O-])c3n(P)c2c[n+]1[O-]. The highest BCUT2D eigenvalue weighted by atomic mass is 31.0. The molecule has 0 radical (unpaired) electrons. The molecule has 3 aromatic rings. The molecule has 0 aromatic carbocycles. The molecule has 0 bridgehead atoms. The number of aromatic nitrogens is 3. The predicted octanol–water partition coefficient (Wildman–Crippen LogP) is 0.571. The fraction of sp³-hybridized carbons (Fsp3) is 0. The second-order valence-electron chi connectivity index (χ2n) is 3.84. The monoisotopic (exact) mass is 258 g/mol. The standard InChI is InChI=1S/C11H7N4O2P/c12-5-7-4-9-8-2-1-3-13(16)11(8)15(18)10(9)6-14(7)17/h1-4,6H,18H2. The van der Waals surface area contributed by atoms with Crippen molar-refractivity contribution in [2.45, 2.75) is 0 Å². The molecule has 0 aliphatic heterocycles. The van der Waals surface area contributed by atoms with Crippen LogP contribution in [0.1, 0.15) is 5.69 Å². The van der Waals surface area contributed by atoms with E-state index in [1.807, 2.05) is 6.07 Å². The van der Waals surface area contributed by atoms with Crippen LogP contribution in [0.2, 0.25) is 0 Å². The maximum atomic E-state index is 11.7. The first kappa shape index (κ1) is 10.8. The smallest absolute Gasteiger partial charge is 0.295 e. The van der Waals surface area contributed by atoms with E-state index >= 15 is 0 Å². The fourth-order valence-electron chi connectivity index (χ4n) is 2.06. The number of rotatable bonds is 0. The Morgan fingerprint density at radius 2 is 2.06 bits per heavy atom. The highest BCUT2D eigenvalue weighted by Crippen LogP contribution is 2.27. The van der Waals surface area contributed by atoms with Gasteiger partial charge in [0.25, 0.3) is 11.3 Å². The molecule has 7 heteroatoms. The molecule has 3 heterocycles. The first-order chi connectivity index (χ1) is 8.63. The molecule has 0 N–H and O–H groups in total. The third-order valence-corrected chi connectivity index (χ3v) is 3.38. The Morgan fingerprint density at radius 1 is 1.28 bits per heavy atom. The van der Waals surface area contributed by atoms with Crippen molar-refractivity contribution in [3.8, 4) is 6.07 Å². The predicted molar refractivity (Wildman–Crippen MR) is 67.2 cm³/mol. The van der Waals surface area contributed by atoms with Crippen LogP contribution in [0.25, 0.3) is 21.9 Å². The van der Waals surface area contributed by atoms with E-state index < -0.39 is 0 Å². The van der Waals surface area contributed by atoms with Crippen molar-refractivity contribution in [3.63, 3.8) is 0 Å². The summed E-state index contributed by atoms with van der Waals surface area (Å²) in [5.41, 5.74) is 1.01. The second-order valence-corrected chi connectivity index (χ2v) is 4.35. The molecule has 0 fully saturated rings. The van der Waals surface area contributed by atoms with E-state index in [9.17, 15) is 10.4 Å². The van der Waals surface area contributed by atoms with Crippen molar-refractivity contribution in [1.29, 1.82) is 5.26 Å². The molecule has 0 saturated carbocycles. The summed E-state index contributed by atoms with van der Waals surface area (Å²) in [5, 5.41) is 33.6. The molecule has 0 aliphatic rings. The Bertz CT molecular complexity index is 835. The van der Waals surface area contributed by atoms with E-state index in [4.69, 9.17) is 5.26 Å². The summed E-state index contributed by atoms with van der Waals surface area (Å²) in [6.45, 7) is 0. The van der Waals surface area contributed by atoms with E-state index in [2.05, 4.69) is 9.39 Å². The van der Waals surface area contributed by atoms with Gasteiger partial charge in [-0.2, -0.15) is 9.99 Å². The maximum absolute atomic E-state index is 11.7. The zero-order valence-corrected chi connectivity index (χ0v) is 10.2. The van der Waals surface area contributed by atoms with Crippen molar-refractivity contribution in [3.05, 3.63) is 46.7 Å². The van der Waals surface area contributed by atoms with Crippen LogP contribution in [0.15, 0.2) is 30.6 Å². The van der Waals surface area contributed by atoms with Crippen LogP contribution in [-0.4, -0.2) is 4.34 Å². The molecule has 1 unspecified atom stereocenters. The largest absolute Gasteiger partial charge is 0.711 e. The Hall–Kier alpha value is -2.38. The Kier molecular flexibility index (Phi) is 2.12. The van der Waals surface area contributed by atoms with E-state index in [0.29, 0.717) is 26.7 Å². The third-order valence-electron chi connectivity index (χ3n) is 2.86. The zero-order valence-electron chi connectivity index (χ0n) is 9.07.